The number of aryl methyl sites for hydroxylation is 1. The minimum absolute atomic E-state index is 0.195. The van der Waals surface area contributed by atoms with E-state index in [1.54, 1.807) is 25.3 Å². The summed E-state index contributed by atoms with van der Waals surface area (Å²) >= 11 is 0. The highest BCUT2D eigenvalue weighted by molar-refractivity contribution is 5.95. The quantitative estimate of drug-likeness (QED) is 0.617. The van der Waals surface area contributed by atoms with Crippen LogP contribution in [0, 0.1) is 0 Å². The van der Waals surface area contributed by atoms with E-state index in [-0.39, 0.29) is 18.2 Å². The second-order valence-corrected chi connectivity index (χ2v) is 8.02. The van der Waals surface area contributed by atoms with Gasteiger partial charge >= 0.3 is 0 Å². The summed E-state index contributed by atoms with van der Waals surface area (Å²) in [6.07, 6.45) is 2.99. The molecule has 1 aromatic heterocycles. The van der Waals surface area contributed by atoms with Crippen molar-refractivity contribution in [3.8, 4) is 17.2 Å². The van der Waals surface area contributed by atoms with Crippen molar-refractivity contribution in [1.29, 1.82) is 0 Å². The number of carbonyl (C=O) groups excluding carboxylic acids is 1. The Kier molecular flexibility index (Phi) is 6.28. The molecule has 0 bridgehead atoms. The van der Waals surface area contributed by atoms with Gasteiger partial charge in [0.25, 0.3) is 5.91 Å². The lowest BCUT2D eigenvalue weighted by Gasteiger charge is -2.30. The molecular formula is C25H26N2O6. The average Bonchev–Trinajstić information content (AvgIpc) is 2.87. The SMILES string of the molecule is COc1ccc2nccc(CC[C@H]3OC[C@H](NC(=O)c4ccc5c(c4)OCCO5)CO3)c2c1. The molecule has 1 saturated heterocycles. The first-order valence-electron chi connectivity index (χ1n) is 11.0. The fraction of sp³-hybridized carbons (Fsp3) is 0.360. The molecule has 1 N–H and O–H groups in total. The first-order valence-corrected chi connectivity index (χ1v) is 11.0. The van der Waals surface area contributed by atoms with Gasteiger partial charge in [-0.15, -0.1) is 0 Å². The number of nitrogens with one attached hydrogen (secondary N) is 1. The number of nitrogens with zero attached hydrogens (tertiary/aromatic N) is 1. The van der Waals surface area contributed by atoms with E-state index in [1.165, 1.54) is 5.56 Å². The van der Waals surface area contributed by atoms with Crippen LogP contribution in [0.3, 0.4) is 0 Å². The highest BCUT2D eigenvalue weighted by Crippen LogP contribution is 2.31. The molecule has 2 aromatic carbocycles. The molecule has 172 valence electrons. The van der Waals surface area contributed by atoms with E-state index in [0.717, 1.165) is 23.1 Å². The van der Waals surface area contributed by atoms with Crippen molar-refractivity contribution in [1.82, 2.24) is 10.3 Å². The van der Waals surface area contributed by atoms with Crippen LogP contribution in [0.25, 0.3) is 10.9 Å². The van der Waals surface area contributed by atoms with Crippen LogP contribution in [0.1, 0.15) is 22.3 Å². The largest absolute Gasteiger partial charge is 0.497 e. The zero-order valence-corrected chi connectivity index (χ0v) is 18.4. The van der Waals surface area contributed by atoms with Gasteiger partial charge in [0.15, 0.2) is 17.8 Å². The number of carbonyl (C=O) groups is 1. The summed E-state index contributed by atoms with van der Waals surface area (Å²) in [6.45, 7) is 1.78. The Morgan fingerprint density at radius 2 is 1.88 bits per heavy atom. The number of fused-ring (bicyclic) bond motifs is 2. The van der Waals surface area contributed by atoms with Crippen LogP contribution in [0.15, 0.2) is 48.7 Å². The van der Waals surface area contributed by atoms with E-state index >= 15 is 0 Å². The summed E-state index contributed by atoms with van der Waals surface area (Å²) in [5, 5.41) is 4.03. The van der Waals surface area contributed by atoms with Crippen molar-refractivity contribution in [3.63, 3.8) is 0 Å². The third-order valence-electron chi connectivity index (χ3n) is 5.79. The summed E-state index contributed by atoms with van der Waals surface area (Å²) in [4.78, 5) is 17.1. The Morgan fingerprint density at radius 1 is 1.06 bits per heavy atom. The second kappa shape index (κ2) is 9.64. The average molecular weight is 450 g/mol. The van der Waals surface area contributed by atoms with Crippen molar-refractivity contribution in [2.75, 3.05) is 33.5 Å². The number of aromatic nitrogens is 1. The zero-order chi connectivity index (χ0) is 22.6. The number of pyridine rings is 1. The Bertz CT molecular complexity index is 1140. The van der Waals surface area contributed by atoms with Crippen molar-refractivity contribution < 1.29 is 28.5 Å². The van der Waals surface area contributed by atoms with E-state index < -0.39 is 0 Å². The molecule has 0 radical (unpaired) electrons. The summed E-state index contributed by atoms with van der Waals surface area (Å²) in [6, 6.07) is 12.9. The van der Waals surface area contributed by atoms with Crippen molar-refractivity contribution in [3.05, 3.63) is 59.8 Å². The van der Waals surface area contributed by atoms with Crippen LogP contribution < -0.4 is 19.5 Å². The number of hydrogen-bond acceptors (Lipinski definition) is 7. The van der Waals surface area contributed by atoms with E-state index in [0.29, 0.717) is 49.9 Å². The molecular weight excluding hydrogens is 424 g/mol. The Balaban J connectivity index is 1.14. The standard InChI is InChI=1S/C25H26N2O6/c1-29-19-4-5-21-20(13-19)16(8-9-26-21)3-7-24-32-14-18(15-33-24)27-25(28)17-2-6-22-23(12-17)31-11-10-30-22/h2,4-6,8-9,12-13,18,24H,3,7,10-11,14-15H2,1H3,(H,27,28)/t18-,24-. The van der Waals surface area contributed by atoms with E-state index in [4.69, 9.17) is 23.7 Å². The highest BCUT2D eigenvalue weighted by Gasteiger charge is 2.25. The molecule has 2 aliphatic rings. The van der Waals surface area contributed by atoms with Crippen LogP contribution in [0.2, 0.25) is 0 Å². The van der Waals surface area contributed by atoms with Crippen LogP contribution in [-0.2, 0) is 15.9 Å². The maximum Gasteiger partial charge on any atom is 0.251 e. The van der Waals surface area contributed by atoms with Gasteiger partial charge in [0, 0.05) is 23.6 Å². The molecule has 1 fully saturated rings. The third kappa shape index (κ3) is 4.86. The van der Waals surface area contributed by atoms with Gasteiger partial charge in [-0.05, 0) is 54.4 Å². The van der Waals surface area contributed by atoms with Crippen LogP contribution >= 0.6 is 0 Å². The number of ether oxygens (including phenoxy) is 5. The van der Waals surface area contributed by atoms with E-state index in [1.807, 2.05) is 30.5 Å². The van der Waals surface area contributed by atoms with Gasteiger partial charge in [-0.1, -0.05) is 0 Å². The fourth-order valence-corrected chi connectivity index (χ4v) is 4.05. The highest BCUT2D eigenvalue weighted by atomic mass is 16.7. The maximum atomic E-state index is 12.6. The molecule has 0 saturated carbocycles. The summed E-state index contributed by atoms with van der Waals surface area (Å²) in [5.41, 5.74) is 2.61. The van der Waals surface area contributed by atoms with Gasteiger partial charge in [0.2, 0.25) is 0 Å². The minimum Gasteiger partial charge on any atom is -0.497 e. The molecule has 8 nitrogen and oxygen atoms in total. The summed E-state index contributed by atoms with van der Waals surface area (Å²) in [5.74, 6) is 1.86. The first kappa shape index (κ1) is 21.5. The maximum absolute atomic E-state index is 12.6. The van der Waals surface area contributed by atoms with Crippen molar-refractivity contribution >= 4 is 16.8 Å². The molecule has 33 heavy (non-hydrogen) atoms. The molecule has 0 aliphatic carbocycles. The zero-order valence-electron chi connectivity index (χ0n) is 18.4. The lowest BCUT2D eigenvalue weighted by atomic mass is 10.0. The molecule has 0 spiro atoms. The number of benzene rings is 2. The van der Waals surface area contributed by atoms with Gasteiger partial charge in [-0.25, -0.2) is 0 Å². The van der Waals surface area contributed by atoms with E-state index in [9.17, 15) is 4.79 Å². The van der Waals surface area contributed by atoms with Gasteiger partial charge in [-0.3, -0.25) is 9.78 Å². The van der Waals surface area contributed by atoms with Crippen LogP contribution in [0.4, 0.5) is 0 Å². The Labute approximate surface area is 191 Å². The third-order valence-corrected chi connectivity index (χ3v) is 5.79. The molecule has 3 heterocycles. The van der Waals surface area contributed by atoms with Gasteiger partial charge < -0.3 is 29.0 Å². The first-order chi connectivity index (χ1) is 16.2. The normalized spacial score (nSPS) is 19.8. The predicted octanol–water partition coefficient (Wildman–Crippen LogP) is 3.12. The Hall–Kier alpha value is -3.36. The van der Waals surface area contributed by atoms with Gasteiger partial charge in [0.1, 0.15) is 19.0 Å². The molecule has 1 amide bonds. The predicted molar refractivity (Wildman–Crippen MR) is 121 cm³/mol. The van der Waals surface area contributed by atoms with Crippen molar-refractivity contribution in [2.45, 2.75) is 25.2 Å². The van der Waals surface area contributed by atoms with Gasteiger partial charge in [-0.2, -0.15) is 0 Å². The molecule has 5 rings (SSSR count). The summed E-state index contributed by atoms with van der Waals surface area (Å²) < 4.78 is 28.2. The topological polar surface area (TPSA) is 88.1 Å². The molecule has 0 unspecified atom stereocenters. The lowest BCUT2D eigenvalue weighted by Crippen LogP contribution is -2.47. The van der Waals surface area contributed by atoms with Crippen LogP contribution in [-0.4, -0.2) is 56.8 Å². The number of rotatable bonds is 6. The number of hydrogen-bond donors (Lipinski definition) is 1. The number of amides is 1. The molecule has 8 heteroatoms. The second-order valence-electron chi connectivity index (χ2n) is 8.02. The minimum atomic E-state index is -0.318. The molecule has 3 aromatic rings. The van der Waals surface area contributed by atoms with Gasteiger partial charge in [0.05, 0.1) is 31.9 Å². The summed E-state index contributed by atoms with van der Waals surface area (Å²) in [7, 11) is 1.66. The van der Waals surface area contributed by atoms with Crippen molar-refractivity contribution in [2.24, 2.45) is 0 Å². The number of methoxy groups -OCH3 is 1. The smallest absolute Gasteiger partial charge is 0.251 e. The monoisotopic (exact) mass is 450 g/mol. The van der Waals surface area contributed by atoms with E-state index in [2.05, 4.69) is 10.3 Å². The Morgan fingerprint density at radius 3 is 2.70 bits per heavy atom. The molecule has 2 aliphatic heterocycles. The molecule has 0 atom stereocenters. The van der Waals surface area contributed by atoms with Crippen LogP contribution in [0.5, 0.6) is 17.2 Å². The fourth-order valence-electron chi connectivity index (χ4n) is 4.05. The lowest BCUT2D eigenvalue weighted by molar-refractivity contribution is -0.190.